The minimum Gasteiger partial charge on any atom is -0.399 e. The maximum atomic E-state index is 13.3. The molecule has 1 unspecified atom stereocenters. The van der Waals surface area contributed by atoms with Gasteiger partial charge in [0.25, 0.3) is 0 Å². The van der Waals surface area contributed by atoms with Gasteiger partial charge in [0.2, 0.25) is 0 Å². The number of halogens is 3. The standard InChI is InChI=1S/C16H21F3N2/c17-16(18,19)13-10-12(20)7-8-15(13)21-9-3-6-14(21)11-4-1-2-5-11/h7-8,10-11,14H,1-6,9,20H2. The van der Waals surface area contributed by atoms with Crippen LogP contribution in [-0.2, 0) is 6.18 Å². The van der Waals surface area contributed by atoms with E-state index in [1.165, 1.54) is 12.8 Å². The SMILES string of the molecule is Nc1ccc(N2CCCC2C2CCCC2)c(C(F)(F)F)c1. The van der Waals surface area contributed by atoms with Crippen LogP contribution < -0.4 is 10.6 Å². The number of nitrogens with two attached hydrogens (primary N) is 1. The molecule has 0 bridgehead atoms. The third-order valence-corrected chi connectivity index (χ3v) is 4.88. The van der Waals surface area contributed by atoms with E-state index < -0.39 is 11.7 Å². The van der Waals surface area contributed by atoms with Gasteiger partial charge < -0.3 is 10.6 Å². The van der Waals surface area contributed by atoms with Gasteiger partial charge in [-0.3, -0.25) is 0 Å². The summed E-state index contributed by atoms with van der Waals surface area (Å²) in [7, 11) is 0. The van der Waals surface area contributed by atoms with Crippen LogP contribution in [0.25, 0.3) is 0 Å². The maximum Gasteiger partial charge on any atom is 0.418 e. The number of nitrogen functional groups attached to an aromatic ring is 1. The number of nitrogens with zero attached hydrogens (tertiary/aromatic N) is 1. The van der Waals surface area contributed by atoms with Gasteiger partial charge in [-0.05, 0) is 49.8 Å². The average molecular weight is 298 g/mol. The van der Waals surface area contributed by atoms with Crippen LogP contribution in [0.1, 0.15) is 44.1 Å². The van der Waals surface area contributed by atoms with Gasteiger partial charge in [-0.25, -0.2) is 0 Å². The lowest BCUT2D eigenvalue weighted by atomic mass is 9.95. The summed E-state index contributed by atoms with van der Waals surface area (Å²) in [6.07, 6.45) is 2.35. The normalized spacial score (nSPS) is 24.0. The summed E-state index contributed by atoms with van der Waals surface area (Å²) in [5.41, 5.74) is 5.45. The van der Waals surface area contributed by atoms with Crippen LogP contribution in [0.3, 0.4) is 0 Å². The summed E-state index contributed by atoms with van der Waals surface area (Å²) < 4.78 is 39.9. The Labute approximate surface area is 123 Å². The van der Waals surface area contributed by atoms with E-state index in [2.05, 4.69) is 0 Å². The number of anilines is 2. The predicted molar refractivity (Wildman–Crippen MR) is 78.2 cm³/mol. The maximum absolute atomic E-state index is 13.3. The highest BCUT2D eigenvalue weighted by Crippen LogP contribution is 2.43. The molecule has 3 rings (SSSR count). The van der Waals surface area contributed by atoms with Crippen LogP contribution in [0.4, 0.5) is 24.5 Å². The molecule has 5 heteroatoms. The van der Waals surface area contributed by atoms with E-state index >= 15 is 0 Å². The first kappa shape index (κ1) is 14.5. The molecule has 1 aliphatic carbocycles. The Hall–Kier alpha value is -1.39. The molecule has 0 spiro atoms. The second kappa shape index (κ2) is 5.43. The smallest absolute Gasteiger partial charge is 0.399 e. The lowest BCUT2D eigenvalue weighted by Gasteiger charge is -2.33. The second-order valence-corrected chi connectivity index (χ2v) is 6.22. The van der Waals surface area contributed by atoms with Crippen LogP contribution >= 0.6 is 0 Å². The molecule has 1 aliphatic heterocycles. The first-order valence-corrected chi connectivity index (χ1v) is 7.70. The van der Waals surface area contributed by atoms with E-state index in [1.807, 2.05) is 4.90 Å². The molecular weight excluding hydrogens is 277 g/mol. The number of hydrogen-bond acceptors (Lipinski definition) is 2. The summed E-state index contributed by atoms with van der Waals surface area (Å²) in [4.78, 5) is 1.98. The molecule has 2 nitrogen and oxygen atoms in total. The Morgan fingerprint density at radius 3 is 2.43 bits per heavy atom. The summed E-state index contributed by atoms with van der Waals surface area (Å²) in [6.45, 7) is 0.716. The van der Waals surface area contributed by atoms with E-state index in [0.29, 0.717) is 18.2 Å². The van der Waals surface area contributed by atoms with Crippen LogP contribution in [0.5, 0.6) is 0 Å². The Morgan fingerprint density at radius 2 is 1.76 bits per heavy atom. The molecule has 2 N–H and O–H groups in total. The fraction of sp³-hybridized carbons (Fsp3) is 0.625. The van der Waals surface area contributed by atoms with Gasteiger partial charge >= 0.3 is 6.18 Å². The van der Waals surface area contributed by atoms with Gasteiger partial charge in [0, 0.05) is 24.0 Å². The predicted octanol–water partition coefficient (Wildman–Crippen LogP) is 4.45. The van der Waals surface area contributed by atoms with Crippen molar-refractivity contribution in [2.24, 2.45) is 5.92 Å². The largest absolute Gasteiger partial charge is 0.418 e. The van der Waals surface area contributed by atoms with E-state index in [1.54, 1.807) is 12.1 Å². The number of hydrogen-bond donors (Lipinski definition) is 1. The number of alkyl halides is 3. The average Bonchev–Trinajstić information content (AvgIpc) is 3.08. The Balaban J connectivity index is 1.95. The highest BCUT2D eigenvalue weighted by Gasteiger charge is 2.39. The lowest BCUT2D eigenvalue weighted by molar-refractivity contribution is -0.137. The van der Waals surface area contributed by atoms with Crippen molar-refractivity contribution in [3.63, 3.8) is 0 Å². The van der Waals surface area contributed by atoms with Crippen LogP contribution in [0.2, 0.25) is 0 Å². The molecule has 1 saturated heterocycles. The topological polar surface area (TPSA) is 29.3 Å². The minimum atomic E-state index is -4.35. The van der Waals surface area contributed by atoms with Crippen molar-refractivity contribution in [3.8, 4) is 0 Å². The first-order chi connectivity index (χ1) is 9.97. The zero-order valence-corrected chi connectivity index (χ0v) is 12.0. The molecule has 1 saturated carbocycles. The molecule has 1 heterocycles. The van der Waals surface area contributed by atoms with Crippen molar-refractivity contribution >= 4 is 11.4 Å². The van der Waals surface area contributed by atoms with Gasteiger partial charge in [0.1, 0.15) is 0 Å². The Morgan fingerprint density at radius 1 is 1.05 bits per heavy atom. The Bertz CT molecular complexity index is 507. The highest BCUT2D eigenvalue weighted by molar-refractivity contribution is 5.62. The van der Waals surface area contributed by atoms with Crippen molar-refractivity contribution in [1.29, 1.82) is 0 Å². The zero-order chi connectivity index (χ0) is 15.0. The monoisotopic (exact) mass is 298 g/mol. The molecule has 0 radical (unpaired) electrons. The highest BCUT2D eigenvalue weighted by atomic mass is 19.4. The van der Waals surface area contributed by atoms with E-state index in [9.17, 15) is 13.2 Å². The second-order valence-electron chi connectivity index (χ2n) is 6.22. The lowest BCUT2D eigenvalue weighted by Crippen LogP contribution is -2.36. The number of benzene rings is 1. The van der Waals surface area contributed by atoms with Crippen molar-refractivity contribution in [1.82, 2.24) is 0 Å². The van der Waals surface area contributed by atoms with E-state index in [0.717, 1.165) is 31.7 Å². The van der Waals surface area contributed by atoms with Gasteiger partial charge in [-0.15, -0.1) is 0 Å². The number of rotatable bonds is 2. The molecule has 1 aromatic carbocycles. The summed E-state index contributed by atoms with van der Waals surface area (Å²) in [5, 5.41) is 0. The summed E-state index contributed by atoms with van der Waals surface area (Å²) >= 11 is 0. The zero-order valence-electron chi connectivity index (χ0n) is 12.0. The molecule has 2 fully saturated rings. The van der Waals surface area contributed by atoms with Crippen molar-refractivity contribution in [2.45, 2.75) is 50.7 Å². The fourth-order valence-electron chi connectivity index (χ4n) is 3.96. The van der Waals surface area contributed by atoms with Gasteiger partial charge in [-0.1, -0.05) is 12.8 Å². The molecule has 0 amide bonds. The third kappa shape index (κ3) is 2.83. The first-order valence-electron chi connectivity index (χ1n) is 7.70. The molecule has 2 aliphatic rings. The molecular formula is C16H21F3N2. The van der Waals surface area contributed by atoms with Crippen molar-refractivity contribution < 1.29 is 13.2 Å². The van der Waals surface area contributed by atoms with Gasteiger partial charge in [0.15, 0.2) is 0 Å². The molecule has 116 valence electrons. The van der Waals surface area contributed by atoms with Crippen LogP contribution in [0, 0.1) is 5.92 Å². The molecule has 21 heavy (non-hydrogen) atoms. The van der Waals surface area contributed by atoms with Crippen molar-refractivity contribution in [3.05, 3.63) is 23.8 Å². The fourth-order valence-corrected chi connectivity index (χ4v) is 3.96. The van der Waals surface area contributed by atoms with Crippen LogP contribution in [0.15, 0.2) is 18.2 Å². The quantitative estimate of drug-likeness (QED) is 0.817. The van der Waals surface area contributed by atoms with Gasteiger partial charge in [0.05, 0.1) is 5.56 Å². The third-order valence-electron chi connectivity index (χ3n) is 4.88. The molecule has 1 aromatic rings. The van der Waals surface area contributed by atoms with E-state index in [-0.39, 0.29) is 11.7 Å². The van der Waals surface area contributed by atoms with Crippen molar-refractivity contribution in [2.75, 3.05) is 17.2 Å². The van der Waals surface area contributed by atoms with Crippen LogP contribution in [-0.4, -0.2) is 12.6 Å². The van der Waals surface area contributed by atoms with Gasteiger partial charge in [-0.2, -0.15) is 13.2 Å². The molecule has 0 aromatic heterocycles. The summed E-state index contributed by atoms with van der Waals surface area (Å²) in [6, 6.07) is 4.46. The Kier molecular flexibility index (Phi) is 3.76. The summed E-state index contributed by atoms with van der Waals surface area (Å²) in [5.74, 6) is 0.547. The minimum absolute atomic E-state index is 0.169. The molecule has 1 atom stereocenters. The van der Waals surface area contributed by atoms with E-state index in [4.69, 9.17) is 5.73 Å².